The maximum Gasteiger partial charge on any atom is 0.407 e. The first-order chi connectivity index (χ1) is 11.9. The quantitative estimate of drug-likeness (QED) is 0.827. The second-order valence-corrected chi connectivity index (χ2v) is 8.50. The first-order valence-electron chi connectivity index (χ1n) is 9.77. The highest BCUT2D eigenvalue weighted by Crippen LogP contribution is 2.30. The summed E-state index contributed by atoms with van der Waals surface area (Å²) in [5.41, 5.74) is 3.88. The second kappa shape index (κ2) is 7.67. The summed E-state index contributed by atoms with van der Waals surface area (Å²) in [4.78, 5) is 12.0. The van der Waals surface area contributed by atoms with Crippen LogP contribution in [0, 0.1) is 0 Å². The fourth-order valence-corrected chi connectivity index (χ4v) is 4.06. The molecule has 0 radical (unpaired) electrons. The van der Waals surface area contributed by atoms with E-state index < -0.39 is 5.60 Å². The van der Waals surface area contributed by atoms with Crippen molar-refractivity contribution in [2.45, 2.75) is 89.8 Å². The highest BCUT2D eigenvalue weighted by atomic mass is 16.6. The average Bonchev–Trinajstić information content (AvgIpc) is 2.54. The predicted octanol–water partition coefficient (Wildman–Crippen LogP) is 4.81. The zero-order chi connectivity index (χ0) is 17.9. The Balaban J connectivity index is 1.58. The monoisotopic (exact) mass is 344 g/mol. The fraction of sp³-hybridized carbons (Fsp3) is 0.667. The molecule has 0 aromatic heterocycles. The zero-order valence-corrected chi connectivity index (χ0v) is 15.9. The Kier molecular flexibility index (Phi) is 5.55. The van der Waals surface area contributed by atoms with Gasteiger partial charge >= 0.3 is 6.09 Å². The van der Waals surface area contributed by atoms with E-state index in [-0.39, 0.29) is 12.1 Å². The van der Waals surface area contributed by atoms with E-state index in [2.05, 4.69) is 28.8 Å². The fourth-order valence-electron chi connectivity index (χ4n) is 4.06. The highest BCUT2D eigenvalue weighted by molar-refractivity contribution is 5.68. The van der Waals surface area contributed by atoms with E-state index in [1.54, 1.807) is 0 Å². The van der Waals surface area contributed by atoms with Crippen LogP contribution in [0.3, 0.4) is 0 Å². The molecule has 2 aliphatic rings. The average molecular weight is 344 g/mol. The molecular formula is C21H32N2O2. The van der Waals surface area contributed by atoms with Crippen molar-refractivity contribution < 1.29 is 9.53 Å². The molecule has 4 nitrogen and oxygen atoms in total. The van der Waals surface area contributed by atoms with Crippen molar-refractivity contribution in [2.24, 2.45) is 0 Å². The van der Waals surface area contributed by atoms with E-state index in [4.69, 9.17) is 4.74 Å². The van der Waals surface area contributed by atoms with Gasteiger partial charge in [-0.05, 0) is 89.3 Å². The van der Waals surface area contributed by atoms with E-state index in [1.165, 1.54) is 42.5 Å². The van der Waals surface area contributed by atoms with E-state index in [1.807, 2.05) is 20.8 Å². The van der Waals surface area contributed by atoms with Gasteiger partial charge in [-0.15, -0.1) is 0 Å². The summed E-state index contributed by atoms with van der Waals surface area (Å²) in [5, 5.41) is 6.82. The van der Waals surface area contributed by atoms with Gasteiger partial charge in [-0.3, -0.25) is 0 Å². The van der Waals surface area contributed by atoms with E-state index in [9.17, 15) is 4.79 Å². The van der Waals surface area contributed by atoms with Crippen LogP contribution in [0.5, 0.6) is 0 Å². The highest BCUT2D eigenvalue weighted by Gasteiger charge is 2.26. The zero-order valence-electron chi connectivity index (χ0n) is 15.9. The molecular weight excluding hydrogens is 312 g/mol. The molecule has 1 saturated carbocycles. The van der Waals surface area contributed by atoms with Crippen molar-refractivity contribution in [1.29, 1.82) is 0 Å². The number of rotatable bonds is 3. The van der Waals surface area contributed by atoms with Gasteiger partial charge in [0, 0.05) is 17.8 Å². The molecule has 2 unspecified atom stereocenters. The Hall–Kier alpha value is -1.71. The third-order valence-corrected chi connectivity index (χ3v) is 5.15. The van der Waals surface area contributed by atoms with Gasteiger partial charge in [0.2, 0.25) is 0 Å². The number of amides is 1. The lowest BCUT2D eigenvalue weighted by Gasteiger charge is -2.32. The van der Waals surface area contributed by atoms with Crippen molar-refractivity contribution in [2.75, 3.05) is 5.32 Å². The van der Waals surface area contributed by atoms with Gasteiger partial charge in [-0.2, -0.15) is 0 Å². The van der Waals surface area contributed by atoms with Gasteiger partial charge in [-0.25, -0.2) is 4.79 Å². The number of carbonyl (C=O) groups excluding carboxylic acids is 1. The molecule has 2 N–H and O–H groups in total. The van der Waals surface area contributed by atoms with Crippen LogP contribution >= 0.6 is 0 Å². The SMILES string of the molecule is CC(C)(C)OC(=O)NC1CCCC(Nc2cccc3c2CCCC3)C1. The van der Waals surface area contributed by atoms with Crippen molar-refractivity contribution in [1.82, 2.24) is 5.32 Å². The minimum absolute atomic E-state index is 0.195. The topological polar surface area (TPSA) is 50.4 Å². The molecule has 3 rings (SSSR count). The molecule has 0 spiro atoms. The minimum atomic E-state index is -0.445. The molecule has 0 bridgehead atoms. The van der Waals surface area contributed by atoms with Gasteiger partial charge < -0.3 is 15.4 Å². The molecule has 1 aromatic rings. The van der Waals surface area contributed by atoms with Crippen LogP contribution in [-0.2, 0) is 17.6 Å². The van der Waals surface area contributed by atoms with Crippen molar-refractivity contribution in [3.63, 3.8) is 0 Å². The number of aryl methyl sites for hydroxylation is 1. The molecule has 0 heterocycles. The number of alkyl carbamates (subject to hydrolysis) is 1. The van der Waals surface area contributed by atoms with Crippen molar-refractivity contribution >= 4 is 11.8 Å². The maximum atomic E-state index is 12.0. The second-order valence-electron chi connectivity index (χ2n) is 8.50. The third kappa shape index (κ3) is 5.13. The van der Waals surface area contributed by atoms with E-state index in [0.29, 0.717) is 6.04 Å². The number of hydrogen-bond donors (Lipinski definition) is 2. The van der Waals surface area contributed by atoms with Crippen LogP contribution in [0.25, 0.3) is 0 Å². The molecule has 25 heavy (non-hydrogen) atoms. The Morgan fingerprint density at radius 1 is 1.08 bits per heavy atom. The molecule has 2 aliphatic carbocycles. The summed E-state index contributed by atoms with van der Waals surface area (Å²) in [7, 11) is 0. The summed E-state index contributed by atoms with van der Waals surface area (Å²) in [6, 6.07) is 7.27. The predicted molar refractivity (Wildman–Crippen MR) is 102 cm³/mol. The Bertz CT molecular complexity index is 606. The first kappa shape index (κ1) is 18.1. The number of nitrogens with one attached hydrogen (secondary N) is 2. The van der Waals surface area contributed by atoms with Crippen LogP contribution in [0.2, 0.25) is 0 Å². The number of ether oxygens (including phenoxy) is 1. The standard InChI is InChI=1S/C21H32N2O2/c1-21(2,3)25-20(24)23-17-11-7-10-16(14-17)22-19-13-6-9-15-8-4-5-12-18(15)19/h6,9,13,16-17,22H,4-5,7-8,10-12,14H2,1-3H3,(H,23,24). The lowest BCUT2D eigenvalue weighted by molar-refractivity contribution is 0.0492. The van der Waals surface area contributed by atoms with Crippen molar-refractivity contribution in [3.05, 3.63) is 29.3 Å². The van der Waals surface area contributed by atoms with Gasteiger partial charge in [0.1, 0.15) is 5.60 Å². The lowest BCUT2D eigenvalue weighted by Crippen LogP contribution is -2.44. The summed E-state index contributed by atoms with van der Waals surface area (Å²) < 4.78 is 5.40. The van der Waals surface area contributed by atoms with Gasteiger partial charge in [-0.1, -0.05) is 12.1 Å². The number of fused-ring (bicyclic) bond motifs is 1. The molecule has 0 aliphatic heterocycles. The van der Waals surface area contributed by atoms with Crippen LogP contribution in [0.4, 0.5) is 10.5 Å². The largest absolute Gasteiger partial charge is 0.444 e. The number of benzene rings is 1. The maximum absolute atomic E-state index is 12.0. The van der Waals surface area contributed by atoms with Gasteiger partial charge in [0.15, 0.2) is 0 Å². The minimum Gasteiger partial charge on any atom is -0.444 e. The number of hydrogen-bond acceptors (Lipinski definition) is 3. The first-order valence-corrected chi connectivity index (χ1v) is 9.77. The summed E-state index contributed by atoms with van der Waals surface area (Å²) >= 11 is 0. The summed E-state index contributed by atoms with van der Waals surface area (Å²) in [6.07, 6.45) is 8.98. The van der Waals surface area contributed by atoms with Gasteiger partial charge in [0.05, 0.1) is 0 Å². The normalized spacial score (nSPS) is 23.5. The van der Waals surface area contributed by atoms with Crippen LogP contribution < -0.4 is 10.6 Å². The molecule has 2 atom stereocenters. The van der Waals surface area contributed by atoms with Crippen LogP contribution in [-0.4, -0.2) is 23.8 Å². The number of anilines is 1. The Morgan fingerprint density at radius 2 is 1.84 bits per heavy atom. The lowest BCUT2D eigenvalue weighted by atomic mass is 9.88. The Morgan fingerprint density at radius 3 is 2.64 bits per heavy atom. The van der Waals surface area contributed by atoms with E-state index >= 15 is 0 Å². The van der Waals surface area contributed by atoms with Gasteiger partial charge in [0.25, 0.3) is 0 Å². The van der Waals surface area contributed by atoms with Crippen LogP contribution in [0.15, 0.2) is 18.2 Å². The molecule has 1 fully saturated rings. The molecule has 1 amide bonds. The molecule has 1 aromatic carbocycles. The Labute approximate surface area is 151 Å². The third-order valence-electron chi connectivity index (χ3n) is 5.15. The summed E-state index contributed by atoms with van der Waals surface area (Å²) in [5.74, 6) is 0. The molecule has 0 saturated heterocycles. The van der Waals surface area contributed by atoms with E-state index in [0.717, 1.165) is 25.7 Å². The number of carbonyl (C=O) groups is 1. The van der Waals surface area contributed by atoms with Crippen LogP contribution in [0.1, 0.15) is 70.4 Å². The summed E-state index contributed by atoms with van der Waals surface area (Å²) in [6.45, 7) is 5.70. The van der Waals surface area contributed by atoms with Crippen molar-refractivity contribution in [3.8, 4) is 0 Å². The smallest absolute Gasteiger partial charge is 0.407 e. The molecule has 138 valence electrons. The molecule has 4 heteroatoms.